The number of rotatable bonds is 4. The Labute approximate surface area is 136 Å². The molecule has 1 aromatic carbocycles. The van der Waals surface area contributed by atoms with Gasteiger partial charge in [-0.1, -0.05) is 23.7 Å². The van der Waals surface area contributed by atoms with E-state index in [1.54, 1.807) is 12.4 Å². The van der Waals surface area contributed by atoms with Gasteiger partial charge in [0.05, 0.1) is 35.8 Å². The fraction of sp³-hybridized carbons (Fsp3) is 0.438. The number of H-pyrrole nitrogens is 1. The van der Waals surface area contributed by atoms with Crippen LogP contribution in [0.5, 0.6) is 0 Å². The Hall–Kier alpha value is -1.53. The van der Waals surface area contributed by atoms with Crippen molar-refractivity contribution < 1.29 is 17.9 Å². The van der Waals surface area contributed by atoms with Crippen molar-refractivity contribution in [2.24, 2.45) is 5.92 Å². The third-order valence-electron chi connectivity index (χ3n) is 4.08. The van der Waals surface area contributed by atoms with E-state index in [-0.39, 0.29) is 11.6 Å². The Morgan fingerprint density at radius 1 is 1.35 bits per heavy atom. The second kappa shape index (κ2) is 6.53. The molecule has 1 N–H and O–H groups in total. The smallest absolute Gasteiger partial charge is 0.376 e. The molecule has 1 heterocycles. The summed E-state index contributed by atoms with van der Waals surface area (Å²) in [6.07, 6.45) is -0.0409. The second-order valence-electron chi connectivity index (χ2n) is 5.73. The van der Waals surface area contributed by atoms with Crippen molar-refractivity contribution in [2.45, 2.75) is 32.0 Å². The summed E-state index contributed by atoms with van der Waals surface area (Å²) in [7, 11) is 0. The van der Waals surface area contributed by atoms with E-state index in [2.05, 4.69) is 9.97 Å². The molecule has 0 amide bonds. The highest BCUT2D eigenvalue weighted by Gasteiger charge is 2.33. The third-order valence-corrected chi connectivity index (χ3v) is 4.53. The third kappa shape index (κ3) is 3.70. The summed E-state index contributed by atoms with van der Waals surface area (Å²) in [5.41, 5.74) is 1.77. The molecular formula is C16H16ClF3N2O. The topological polar surface area (TPSA) is 37.9 Å². The molecule has 1 aliphatic rings. The van der Waals surface area contributed by atoms with Crippen LogP contribution in [0.4, 0.5) is 13.2 Å². The number of nitrogens with zero attached hydrogens (tertiary/aromatic N) is 1. The number of halogens is 4. The Balaban J connectivity index is 1.58. The zero-order chi connectivity index (χ0) is 16.4. The lowest BCUT2D eigenvalue weighted by Crippen LogP contribution is -2.19. The number of imidazole rings is 1. The fourth-order valence-electron chi connectivity index (χ4n) is 2.86. The molecule has 0 saturated carbocycles. The number of hydrogen-bond acceptors (Lipinski definition) is 2. The number of ether oxygens (including phenoxy) is 1. The van der Waals surface area contributed by atoms with Crippen molar-refractivity contribution in [3.8, 4) is 0 Å². The molecule has 0 aliphatic heterocycles. The molecule has 1 aromatic heterocycles. The molecular weight excluding hydrogens is 329 g/mol. The molecule has 124 valence electrons. The van der Waals surface area contributed by atoms with E-state index in [1.807, 2.05) is 0 Å². The quantitative estimate of drug-likeness (QED) is 0.892. The monoisotopic (exact) mass is 344 g/mol. The maximum atomic E-state index is 12.8. The molecule has 7 heteroatoms. The molecule has 0 radical (unpaired) electrons. The van der Waals surface area contributed by atoms with Gasteiger partial charge in [-0.15, -0.1) is 0 Å². The Kier molecular flexibility index (Phi) is 4.64. The van der Waals surface area contributed by atoms with E-state index in [0.29, 0.717) is 18.1 Å². The summed E-state index contributed by atoms with van der Waals surface area (Å²) >= 11 is 5.85. The minimum absolute atomic E-state index is 0.0785. The van der Waals surface area contributed by atoms with Gasteiger partial charge in [0, 0.05) is 5.69 Å². The summed E-state index contributed by atoms with van der Waals surface area (Å²) in [4.78, 5) is 7.36. The first-order valence-electron chi connectivity index (χ1n) is 7.38. The van der Waals surface area contributed by atoms with E-state index in [4.69, 9.17) is 16.3 Å². The van der Waals surface area contributed by atoms with Crippen LogP contribution in [0.1, 0.15) is 28.9 Å². The highest BCUT2D eigenvalue weighted by Crippen LogP contribution is 2.36. The largest absolute Gasteiger partial charge is 0.417 e. The molecule has 23 heavy (non-hydrogen) atoms. The number of benzene rings is 1. The number of aryl methyl sites for hydroxylation is 1. The molecule has 3 rings (SSSR count). The van der Waals surface area contributed by atoms with Crippen LogP contribution >= 0.6 is 11.6 Å². The van der Waals surface area contributed by atoms with Crippen molar-refractivity contribution in [1.82, 2.24) is 9.97 Å². The maximum Gasteiger partial charge on any atom is 0.417 e. The van der Waals surface area contributed by atoms with Gasteiger partial charge in [-0.25, -0.2) is 4.98 Å². The van der Waals surface area contributed by atoms with Gasteiger partial charge in [-0.3, -0.25) is 0 Å². The molecule has 1 atom stereocenters. The van der Waals surface area contributed by atoms with Crippen molar-refractivity contribution in [1.29, 1.82) is 0 Å². The minimum Gasteiger partial charge on any atom is -0.376 e. The van der Waals surface area contributed by atoms with Gasteiger partial charge >= 0.3 is 6.18 Å². The van der Waals surface area contributed by atoms with Crippen LogP contribution in [0, 0.1) is 5.92 Å². The zero-order valence-corrected chi connectivity index (χ0v) is 13.0. The molecule has 0 bridgehead atoms. The fourth-order valence-corrected chi connectivity index (χ4v) is 3.15. The van der Waals surface area contributed by atoms with Gasteiger partial charge in [0.1, 0.15) is 0 Å². The van der Waals surface area contributed by atoms with Crippen LogP contribution in [0.3, 0.4) is 0 Å². The number of alkyl halides is 3. The normalized spacial score (nSPS) is 18.0. The lowest BCUT2D eigenvalue weighted by atomic mass is 9.90. The van der Waals surface area contributed by atoms with Crippen molar-refractivity contribution >= 4 is 11.6 Å². The molecule has 3 nitrogen and oxygen atoms in total. The molecule has 0 saturated heterocycles. The van der Waals surface area contributed by atoms with E-state index < -0.39 is 11.7 Å². The summed E-state index contributed by atoms with van der Waals surface area (Å²) < 4.78 is 44.1. The van der Waals surface area contributed by atoms with Gasteiger partial charge in [0.2, 0.25) is 0 Å². The molecule has 2 aromatic rings. The first-order valence-corrected chi connectivity index (χ1v) is 7.76. The SMILES string of the molecule is FC(F)(F)c1cccc(COCC2CCc3nc[nH]c3C2)c1Cl. The van der Waals surface area contributed by atoms with Gasteiger partial charge in [0.15, 0.2) is 0 Å². The number of aromatic nitrogens is 2. The standard InChI is InChI=1S/C16H16ClF3N2O/c17-15-11(2-1-3-12(15)16(18,19)20)8-23-7-10-4-5-13-14(6-10)22-9-21-13/h1-3,9-10H,4-8H2,(H,21,22). The van der Waals surface area contributed by atoms with Crippen LogP contribution in [-0.4, -0.2) is 16.6 Å². The Bertz CT molecular complexity index is 684. The van der Waals surface area contributed by atoms with Gasteiger partial charge < -0.3 is 9.72 Å². The molecule has 1 unspecified atom stereocenters. The molecule has 0 spiro atoms. The number of fused-ring (bicyclic) bond motifs is 1. The van der Waals surface area contributed by atoms with E-state index >= 15 is 0 Å². The predicted octanol–water partition coefficient (Wildman–Crippen LogP) is 4.40. The average molecular weight is 345 g/mol. The lowest BCUT2D eigenvalue weighted by molar-refractivity contribution is -0.137. The molecule has 1 aliphatic carbocycles. The van der Waals surface area contributed by atoms with E-state index in [9.17, 15) is 13.2 Å². The van der Waals surface area contributed by atoms with Gasteiger partial charge in [-0.05, 0) is 36.8 Å². The lowest BCUT2D eigenvalue weighted by Gasteiger charge is -2.21. The minimum atomic E-state index is -4.45. The summed E-state index contributed by atoms with van der Waals surface area (Å²) in [6.45, 7) is 0.570. The predicted molar refractivity (Wildman–Crippen MR) is 80.2 cm³/mol. The summed E-state index contributed by atoms with van der Waals surface area (Å²) in [5, 5.41) is -0.278. The Morgan fingerprint density at radius 2 is 2.17 bits per heavy atom. The maximum absolute atomic E-state index is 12.8. The zero-order valence-electron chi connectivity index (χ0n) is 12.3. The van der Waals surface area contributed by atoms with E-state index in [1.165, 1.54) is 6.07 Å². The highest BCUT2D eigenvalue weighted by molar-refractivity contribution is 6.32. The van der Waals surface area contributed by atoms with Gasteiger partial charge in [0.25, 0.3) is 0 Å². The average Bonchev–Trinajstić information content (AvgIpc) is 2.95. The van der Waals surface area contributed by atoms with Crippen LogP contribution in [-0.2, 0) is 30.4 Å². The van der Waals surface area contributed by atoms with Crippen LogP contribution in [0.2, 0.25) is 5.02 Å². The summed E-state index contributed by atoms with van der Waals surface area (Å²) in [6, 6.07) is 3.89. The number of nitrogens with one attached hydrogen (secondary N) is 1. The van der Waals surface area contributed by atoms with Crippen molar-refractivity contribution in [2.75, 3.05) is 6.61 Å². The number of aromatic amines is 1. The number of hydrogen-bond donors (Lipinski definition) is 1. The van der Waals surface area contributed by atoms with Crippen LogP contribution in [0.25, 0.3) is 0 Å². The van der Waals surface area contributed by atoms with Crippen LogP contribution < -0.4 is 0 Å². The van der Waals surface area contributed by atoms with Crippen molar-refractivity contribution in [3.63, 3.8) is 0 Å². The van der Waals surface area contributed by atoms with E-state index in [0.717, 1.165) is 36.7 Å². The molecule has 0 fully saturated rings. The van der Waals surface area contributed by atoms with Crippen molar-refractivity contribution in [3.05, 3.63) is 52.1 Å². The highest BCUT2D eigenvalue weighted by atomic mass is 35.5. The van der Waals surface area contributed by atoms with Crippen LogP contribution in [0.15, 0.2) is 24.5 Å². The first-order chi connectivity index (χ1) is 10.9. The first kappa shape index (κ1) is 16.3. The second-order valence-corrected chi connectivity index (χ2v) is 6.11. The summed E-state index contributed by atoms with van der Waals surface area (Å²) in [5.74, 6) is 0.340. The Morgan fingerprint density at radius 3 is 2.96 bits per heavy atom. The van der Waals surface area contributed by atoms with Gasteiger partial charge in [-0.2, -0.15) is 13.2 Å².